The molecule has 2 rings (SSSR count). The number of nitro benzene ring substituents is 4. The molecule has 1 N–H and O–H groups in total. The minimum Gasteiger partial charge on any atom is -0.343 e. The van der Waals surface area contributed by atoms with Crippen LogP contribution in [0, 0.1) is 40.5 Å². The highest BCUT2D eigenvalue weighted by molar-refractivity contribution is 6.33. The first-order valence-corrected chi connectivity index (χ1v) is 6.81. The van der Waals surface area contributed by atoms with Crippen LogP contribution in [0.15, 0.2) is 30.3 Å². The molecule has 13 nitrogen and oxygen atoms in total. The van der Waals surface area contributed by atoms with Gasteiger partial charge in [0.25, 0.3) is 11.4 Å². The minimum atomic E-state index is -1.06. The lowest BCUT2D eigenvalue weighted by atomic mass is 10.2. The second kappa shape index (κ2) is 6.94. The Hall–Kier alpha value is -3.87. The van der Waals surface area contributed by atoms with E-state index in [0.717, 1.165) is 18.2 Å². The molecular formula is C12H6ClN5O8. The van der Waals surface area contributed by atoms with Gasteiger partial charge in [-0.3, -0.25) is 40.5 Å². The van der Waals surface area contributed by atoms with Crippen molar-refractivity contribution in [1.82, 2.24) is 0 Å². The van der Waals surface area contributed by atoms with Crippen molar-refractivity contribution >= 4 is 45.7 Å². The van der Waals surface area contributed by atoms with Crippen LogP contribution in [0.4, 0.5) is 34.1 Å². The van der Waals surface area contributed by atoms with E-state index in [1.54, 1.807) is 0 Å². The van der Waals surface area contributed by atoms with Crippen LogP contribution in [0.2, 0.25) is 5.02 Å². The van der Waals surface area contributed by atoms with Gasteiger partial charge in [-0.25, -0.2) is 0 Å². The predicted molar refractivity (Wildman–Crippen MR) is 87.8 cm³/mol. The summed E-state index contributed by atoms with van der Waals surface area (Å²) in [6.45, 7) is 0. The molecular weight excluding hydrogens is 378 g/mol. The zero-order chi connectivity index (χ0) is 19.6. The molecule has 0 amide bonds. The second-order valence-electron chi connectivity index (χ2n) is 4.68. The molecule has 0 spiro atoms. The Labute approximate surface area is 147 Å². The maximum absolute atomic E-state index is 11.2. The van der Waals surface area contributed by atoms with Crippen LogP contribution in [0.25, 0.3) is 0 Å². The minimum absolute atomic E-state index is 0.113. The molecule has 2 aromatic rings. The summed E-state index contributed by atoms with van der Waals surface area (Å²) in [5.74, 6) is 0. The summed E-state index contributed by atoms with van der Waals surface area (Å²) in [4.78, 5) is 40.2. The monoisotopic (exact) mass is 383 g/mol. The van der Waals surface area contributed by atoms with Gasteiger partial charge >= 0.3 is 11.4 Å². The third-order valence-corrected chi connectivity index (χ3v) is 3.44. The summed E-state index contributed by atoms with van der Waals surface area (Å²) in [5, 5.41) is 46.2. The molecule has 0 radical (unpaired) electrons. The van der Waals surface area contributed by atoms with E-state index < -0.39 is 48.1 Å². The fraction of sp³-hybridized carbons (Fsp3) is 0. The van der Waals surface area contributed by atoms with Crippen LogP contribution in [0.3, 0.4) is 0 Å². The van der Waals surface area contributed by atoms with Crippen LogP contribution >= 0.6 is 11.6 Å². The maximum Gasteiger partial charge on any atom is 0.306 e. The van der Waals surface area contributed by atoms with Gasteiger partial charge in [0.2, 0.25) is 0 Å². The molecule has 0 aromatic heterocycles. The summed E-state index contributed by atoms with van der Waals surface area (Å²) in [6, 6.07) is 4.15. The van der Waals surface area contributed by atoms with Crippen molar-refractivity contribution in [2.24, 2.45) is 0 Å². The third kappa shape index (κ3) is 3.62. The summed E-state index contributed by atoms with van der Waals surface area (Å²) < 4.78 is 0. The first-order chi connectivity index (χ1) is 12.1. The number of hydrogen-bond acceptors (Lipinski definition) is 9. The first-order valence-electron chi connectivity index (χ1n) is 6.44. The zero-order valence-electron chi connectivity index (χ0n) is 12.3. The number of non-ortho nitro benzene ring substituents is 2. The zero-order valence-corrected chi connectivity index (χ0v) is 13.1. The molecule has 0 fully saturated rings. The van der Waals surface area contributed by atoms with E-state index >= 15 is 0 Å². The van der Waals surface area contributed by atoms with Crippen molar-refractivity contribution in [1.29, 1.82) is 0 Å². The fourth-order valence-electron chi connectivity index (χ4n) is 1.98. The van der Waals surface area contributed by atoms with E-state index in [1.807, 2.05) is 0 Å². The summed E-state index contributed by atoms with van der Waals surface area (Å²) in [7, 11) is 0. The topological polar surface area (TPSA) is 185 Å². The smallest absolute Gasteiger partial charge is 0.306 e. The van der Waals surface area contributed by atoms with Crippen LogP contribution < -0.4 is 5.32 Å². The van der Waals surface area contributed by atoms with Gasteiger partial charge in [-0.05, 0) is 6.07 Å². The van der Waals surface area contributed by atoms with Crippen molar-refractivity contribution in [2.75, 3.05) is 5.32 Å². The number of benzene rings is 2. The molecule has 0 aliphatic heterocycles. The highest BCUT2D eigenvalue weighted by Gasteiger charge is 2.31. The lowest BCUT2D eigenvalue weighted by Crippen LogP contribution is -2.04. The van der Waals surface area contributed by atoms with E-state index in [0.29, 0.717) is 12.1 Å². The Kier molecular flexibility index (Phi) is 4.93. The summed E-state index contributed by atoms with van der Waals surface area (Å²) in [5.41, 5.74) is -4.14. The Morgan fingerprint density at radius 1 is 0.731 bits per heavy atom. The molecule has 0 unspecified atom stereocenters. The van der Waals surface area contributed by atoms with Crippen molar-refractivity contribution in [3.05, 3.63) is 75.8 Å². The molecule has 26 heavy (non-hydrogen) atoms. The van der Waals surface area contributed by atoms with Gasteiger partial charge in [0.15, 0.2) is 5.69 Å². The third-order valence-electron chi connectivity index (χ3n) is 3.11. The Bertz CT molecular complexity index is 928. The number of nitro groups is 4. The van der Waals surface area contributed by atoms with Crippen LogP contribution in [-0.4, -0.2) is 19.7 Å². The highest BCUT2D eigenvalue weighted by atomic mass is 35.5. The molecule has 14 heteroatoms. The Balaban J connectivity index is 2.71. The molecule has 0 saturated carbocycles. The van der Waals surface area contributed by atoms with E-state index in [4.69, 9.17) is 11.6 Å². The van der Waals surface area contributed by atoms with Crippen molar-refractivity contribution in [2.45, 2.75) is 0 Å². The standard InChI is InChI=1S/C12H6ClN5O8/c13-8-2-1-6(15(19)20)3-9(8)14-12-10(17(23)24)4-7(16(21)22)5-11(12)18(25)26/h1-5,14H. The maximum atomic E-state index is 11.2. The van der Waals surface area contributed by atoms with Crippen LogP contribution in [0.1, 0.15) is 0 Å². The fourth-order valence-corrected chi connectivity index (χ4v) is 2.14. The molecule has 0 bridgehead atoms. The Morgan fingerprint density at radius 2 is 1.23 bits per heavy atom. The second-order valence-corrected chi connectivity index (χ2v) is 5.08. The van der Waals surface area contributed by atoms with Crippen molar-refractivity contribution in [3.63, 3.8) is 0 Å². The number of halogens is 1. The van der Waals surface area contributed by atoms with Crippen LogP contribution in [0.5, 0.6) is 0 Å². The average Bonchev–Trinajstić information content (AvgIpc) is 2.55. The molecule has 0 atom stereocenters. The predicted octanol–water partition coefficient (Wildman–Crippen LogP) is 3.72. The summed E-state index contributed by atoms with van der Waals surface area (Å²) in [6.07, 6.45) is 0. The number of nitrogens with zero attached hydrogens (tertiary/aromatic N) is 4. The van der Waals surface area contributed by atoms with Gasteiger partial charge in [0.05, 0.1) is 42.5 Å². The lowest BCUT2D eigenvalue weighted by molar-refractivity contribution is -0.401. The van der Waals surface area contributed by atoms with Crippen LogP contribution in [-0.2, 0) is 0 Å². The van der Waals surface area contributed by atoms with Gasteiger partial charge in [0.1, 0.15) is 0 Å². The van der Waals surface area contributed by atoms with Crippen molar-refractivity contribution in [3.8, 4) is 0 Å². The van der Waals surface area contributed by atoms with E-state index in [-0.39, 0.29) is 10.7 Å². The van der Waals surface area contributed by atoms with Gasteiger partial charge in [-0.2, -0.15) is 0 Å². The largest absolute Gasteiger partial charge is 0.343 e. The molecule has 2 aromatic carbocycles. The molecule has 0 saturated heterocycles. The lowest BCUT2D eigenvalue weighted by Gasteiger charge is -2.09. The molecule has 0 aliphatic carbocycles. The van der Waals surface area contributed by atoms with Crippen molar-refractivity contribution < 1.29 is 19.7 Å². The average molecular weight is 384 g/mol. The van der Waals surface area contributed by atoms with E-state index in [1.165, 1.54) is 0 Å². The van der Waals surface area contributed by atoms with E-state index in [2.05, 4.69) is 5.32 Å². The van der Waals surface area contributed by atoms with Gasteiger partial charge < -0.3 is 5.32 Å². The molecule has 0 heterocycles. The van der Waals surface area contributed by atoms with Gasteiger partial charge in [0, 0.05) is 12.1 Å². The number of hydrogen-bond donors (Lipinski definition) is 1. The highest BCUT2D eigenvalue weighted by Crippen LogP contribution is 2.41. The number of anilines is 2. The number of rotatable bonds is 6. The summed E-state index contributed by atoms with van der Waals surface area (Å²) >= 11 is 5.86. The van der Waals surface area contributed by atoms with Gasteiger partial charge in [-0.15, -0.1) is 0 Å². The normalized spacial score (nSPS) is 10.2. The molecule has 134 valence electrons. The SMILES string of the molecule is O=[N+]([O-])c1ccc(Cl)c(Nc2c([N+](=O)[O-])cc([N+](=O)[O-])cc2[N+](=O)[O-])c1. The van der Waals surface area contributed by atoms with Gasteiger partial charge in [-0.1, -0.05) is 11.6 Å². The number of nitrogens with one attached hydrogen (secondary N) is 1. The quantitative estimate of drug-likeness (QED) is 0.572. The molecule has 0 aliphatic rings. The first kappa shape index (κ1) is 18.5. The Morgan fingerprint density at radius 3 is 1.65 bits per heavy atom. The van der Waals surface area contributed by atoms with E-state index in [9.17, 15) is 40.5 Å².